The number of hydrogen-bond donors (Lipinski definition) is 1. The molecule has 2 heterocycles. The Hall–Kier alpha value is -2.87. The molecule has 2 atom stereocenters. The van der Waals surface area contributed by atoms with Crippen LogP contribution in [0.25, 0.3) is 0 Å². The van der Waals surface area contributed by atoms with Gasteiger partial charge in [-0.15, -0.1) is 4.40 Å². The van der Waals surface area contributed by atoms with E-state index in [1.54, 1.807) is 7.11 Å². The summed E-state index contributed by atoms with van der Waals surface area (Å²) in [7, 11) is -2.24. The molecule has 4 rings (SSSR count). The number of ether oxygens (including phenoxy) is 1. The van der Waals surface area contributed by atoms with Crippen LogP contribution in [0.5, 0.6) is 5.75 Å². The molecule has 0 amide bonds. The van der Waals surface area contributed by atoms with Crippen LogP contribution in [0.4, 0.5) is 0 Å². The molecule has 152 valence electrons. The average Bonchev–Trinajstić information content (AvgIpc) is 3.26. The van der Waals surface area contributed by atoms with Gasteiger partial charge in [0.25, 0.3) is 10.0 Å². The first kappa shape index (κ1) is 19.4. The Balaban J connectivity index is 1.92. The lowest BCUT2D eigenvalue weighted by Gasteiger charge is -2.35. The molecular weight excluding hydrogens is 388 g/mol. The first-order chi connectivity index (χ1) is 14.0. The summed E-state index contributed by atoms with van der Waals surface area (Å²) in [5, 5.41) is 3.58. The van der Waals surface area contributed by atoms with Crippen LogP contribution in [0, 0.1) is 0 Å². The van der Waals surface area contributed by atoms with E-state index in [0.717, 1.165) is 11.1 Å². The summed E-state index contributed by atoms with van der Waals surface area (Å²) in [5.41, 5.74) is 4.13. The van der Waals surface area contributed by atoms with Gasteiger partial charge in [0.15, 0.2) is 16.6 Å². The van der Waals surface area contributed by atoms with Gasteiger partial charge in [0, 0.05) is 13.1 Å². The van der Waals surface area contributed by atoms with Crippen molar-refractivity contribution in [2.45, 2.75) is 24.6 Å². The second-order valence-corrected chi connectivity index (χ2v) is 8.68. The summed E-state index contributed by atoms with van der Waals surface area (Å²) < 4.78 is 36.2. The maximum absolute atomic E-state index is 13.3. The Morgan fingerprint density at radius 3 is 2.31 bits per heavy atom. The topological polar surface area (TPSA) is 83.4 Å². The number of likely N-dealkylation sites (N-methyl/N-ethyl adjacent to an activating group) is 1. The minimum atomic E-state index is -3.84. The van der Waals surface area contributed by atoms with Crippen molar-refractivity contribution in [3.8, 4) is 5.75 Å². The van der Waals surface area contributed by atoms with Gasteiger partial charge in [-0.05, 0) is 37.1 Å². The van der Waals surface area contributed by atoms with Gasteiger partial charge in [0.1, 0.15) is 5.75 Å². The zero-order valence-electron chi connectivity index (χ0n) is 16.7. The number of hydrazone groups is 1. The lowest BCUT2D eigenvalue weighted by Crippen LogP contribution is -2.56. The van der Waals surface area contributed by atoms with Gasteiger partial charge in [0.05, 0.1) is 12.8 Å². The fourth-order valence-corrected chi connectivity index (χ4v) is 5.92. The number of methoxy groups -OCH3 is 1. The summed E-state index contributed by atoms with van der Waals surface area (Å²) in [5.74, 6) is 1.18. The Morgan fingerprint density at radius 1 is 1.07 bits per heavy atom. The minimum Gasteiger partial charge on any atom is -0.497 e. The van der Waals surface area contributed by atoms with E-state index in [2.05, 4.69) is 14.9 Å². The van der Waals surface area contributed by atoms with Crippen LogP contribution in [-0.2, 0) is 15.6 Å². The summed E-state index contributed by atoms with van der Waals surface area (Å²) in [4.78, 5) is 1.97. The molecule has 7 nitrogen and oxygen atoms in total. The molecule has 29 heavy (non-hydrogen) atoms. The summed E-state index contributed by atoms with van der Waals surface area (Å²) in [6, 6.07) is 16.8. The van der Waals surface area contributed by atoms with Crippen molar-refractivity contribution in [2.24, 2.45) is 9.50 Å². The molecule has 0 aliphatic carbocycles. The number of nitrogens with zero attached hydrogens (tertiary/aromatic N) is 3. The van der Waals surface area contributed by atoms with Gasteiger partial charge in [0.2, 0.25) is 0 Å². The molecule has 0 saturated carbocycles. The van der Waals surface area contributed by atoms with E-state index in [1.807, 2.05) is 73.3 Å². The van der Waals surface area contributed by atoms with Crippen LogP contribution >= 0.6 is 0 Å². The molecule has 2 aliphatic rings. The minimum absolute atomic E-state index is 0.479. The molecule has 0 radical (unpaired) electrons. The van der Waals surface area contributed by atoms with E-state index in [9.17, 15) is 8.42 Å². The molecule has 2 aromatic rings. The van der Waals surface area contributed by atoms with Crippen LogP contribution in [0.3, 0.4) is 0 Å². The van der Waals surface area contributed by atoms with Gasteiger partial charge in [-0.1, -0.05) is 42.5 Å². The van der Waals surface area contributed by atoms with Crippen molar-refractivity contribution >= 4 is 21.6 Å². The highest BCUT2D eigenvalue weighted by atomic mass is 32.2. The van der Waals surface area contributed by atoms with E-state index in [0.29, 0.717) is 30.4 Å². The molecular formula is C21H24N4O3S. The first-order valence-corrected chi connectivity index (χ1v) is 11.1. The number of benzene rings is 2. The highest BCUT2D eigenvalue weighted by Gasteiger charge is 2.63. The third kappa shape index (κ3) is 2.90. The van der Waals surface area contributed by atoms with Crippen molar-refractivity contribution in [3.63, 3.8) is 0 Å². The zero-order chi connectivity index (χ0) is 20.6. The second-order valence-electron chi connectivity index (χ2n) is 6.99. The van der Waals surface area contributed by atoms with Crippen LogP contribution in [-0.4, -0.2) is 50.3 Å². The second kappa shape index (κ2) is 7.18. The predicted octanol–water partition coefficient (Wildman–Crippen LogP) is 2.35. The van der Waals surface area contributed by atoms with E-state index >= 15 is 0 Å². The van der Waals surface area contributed by atoms with Crippen molar-refractivity contribution in [1.82, 2.24) is 10.3 Å². The molecule has 0 bridgehead atoms. The summed E-state index contributed by atoms with van der Waals surface area (Å²) >= 11 is 0. The maximum atomic E-state index is 13.3. The quantitative estimate of drug-likeness (QED) is 0.815. The highest BCUT2D eigenvalue weighted by Crippen LogP contribution is 2.44. The molecule has 8 heteroatoms. The lowest BCUT2D eigenvalue weighted by molar-refractivity contribution is 0.394. The van der Waals surface area contributed by atoms with Gasteiger partial charge >= 0.3 is 0 Å². The van der Waals surface area contributed by atoms with E-state index in [4.69, 9.17) is 4.74 Å². The van der Waals surface area contributed by atoms with Crippen LogP contribution in [0.2, 0.25) is 0 Å². The molecule has 0 spiro atoms. The fourth-order valence-electron chi connectivity index (χ4n) is 4.10. The lowest BCUT2D eigenvalue weighted by atomic mass is 9.82. The number of nitrogens with one attached hydrogen (secondary N) is 1. The van der Waals surface area contributed by atoms with Crippen LogP contribution < -0.4 is 10.2 Å². The molecule has 1 N–H and O–H groups in total. The Labute approximate surface area is 171 Å². The molecule has 0 unspecified atom stereocenters. The number of sulfonamides is 1. The number of amidine groups is 1. The third-order valence-electron chi connectivity index (χ3n) is 5.54. The molecule has 0 fully saturated rings. The van der Waals surface area contributed by atoms with Crippen molar-refractivity contribution in [1.29, 1.82) is 0 Å². The monoisotopic (exact) mass is 412 g/mol. The van der Waals surface area contributed by atoms with Gasteiger partial charge in [-0.3, -0.25) is 5.43 Å². The Morgan fingerprint density at radius 2 is 1.72 bits per heavy atom. The first-order valence-electron chi connectivity index (χ1n) is 9.61. The Bertz CT molecular complexity index is 1060. The molecule has 2 aromatic carbocycles. The van der Waals surface area contributed by atoms with Crippen molar-refractivity contribution < 1.29 is 13.2 Å². The van der Waals surface area contributed by atoms with Crippen molar-refractivity contribution in [2.75, 3.05) is 20.2 Å². The number of fused-ring (bicyclic) bond motifs is 1. The maximum Gasteiger partial charge on any atom is 0.266 e. The smallest absolute Gasteiger partial charge is 0.266 e. The summed E-state index contributed by atoms with van der Waals surface area (Å²) in [6.45, 7) is 5.25. The van der Waals surface area contributed by atoms with Gasteiger partial charge in [-0.25, -0.2) is 8.42 Å². The van der Waals surface area contributed by atoms with Crippen LogP contribution in [0.15, 0.2) is 64.1 Å². The van der Waals surface area contributed by atoms with Gasteiger partial charge < -0.3 is 9.64 Å². The molecule has 0 saturated heterocycles. The molecule has 2 aliphatic heterocycles. The highest BCUT2D eigenvalue weighted by molar-refractivity contribution is 7.92. The van der Waals surface area contributed by atoms with Gasteiger partial charge in [-0.2, -0.15) is 5.10 Å². The average molecular weight is 413 g/mol. The normalized spacial score (nSPS) is 24.3. The van der Waals surface area contributed by atoms with E-state index in [1.165, 1.54) is 0 Å². The van der Waals surface area contributed by atoms with Crippen LogP contribution in [0.1, 0.15) is 25.0 Å². The van der Waals surface area contributed by atoms with E-state index in [-0.39, 0.29) is 0 Å². The third-order valence-corrected chi connectivity index (χ3v) is 7.14. The predicted molar refractivity (Wildman–Crippen MR) is 114 cm³/mol. The zero-order valence-corrected chi connectivity index (χ0v) is 17.5. The number of hydrogen-bond acceptors (Lipinski definition) is 6. The SMILES string of the molecule is CCN(CC)C1=NS(=O)(=O)[C@H]2C(c3ccccc3)=NN[C@@]12c1ccc(OC)cc1. The number of rotatable bonds is 5. The standard InChI is InChI=1S/C21H24N4O3S/c1-4-25(5-2)20-21(16-11-13-17(28-3)14-12-16)19(29(26,27)23-20)18(22-24-21)15-9-7-6-8-10-15/h6-14,19,24H,4-5H2,1-3H3/t19-,21+/m0/s1. The fraction of sp³-hybridized carbons (Fsp3) is 0.333. The van der Waals surface area contributed by atoms with Crippen molar-refractivity contribution in [3.05, 3.63) is 65.7 Å². The summed E-state index contributed by atoms with van der Waals surface area (Å²) in [6.07, 6.45) is 0. The molecule has 0 aromatic heterocycles. The van der Waals surface area contributed by atoms with E-state index < -0.39 is 20.8 Å². The largest absolute Gasteiger partial charge is 0.497 e. The Kier molecular flexibility index (Phi) is 4.82.